The van der Waals surface area contributed by atoms with Crippen molar-refractivity contribution in [3.8, 4) is 44.5 Å². The molecule has 254 valence electrons. The summed E-state index contributed by atoms with van der Waals surface area (Å²) in [6.45, 7) is 0. The summed E-state index contributed by atoms with van der Waals surface area (Å²) in [5.74, 6) is 0. The summed E-state index contributed by atoms with van der Waals surface area (Å²) in [7, 11) is 0. The van der Waals surface area contributed by atoms with Gasteiger partial charge in [-0.15, -0.1) is 0 Å². The second-order valence-electron chi connectivity index (χ2n) is 13.7. The zero-order valence-electron chi connectivity index (χ0n) is 29.6. The smallest absolute Gasteiger partial charge is 0.137 e. The molecule has 2 nitrogen and oxygen atoms in total. The minimum Gasteiger partial charge on any atom is -0.456 e. The first kappa shape index (κ1) is 31.6. The Balaban J connectivity index is 1.08. The Hall–Kier alpha value is -7.16. The van der Waals surface area contributed by atoms with Gasteiger partial charge in [-0.05, 0) is 97.7 Å². The first-order valence-electron chi connectivity index (χ1n) is 18.4. The highest BCUT2D eigenvalue weighted by molar-refractivity contribution is 6.06. The van der Waals surface area contributed by atoms with Crippen molar-refractivity contribution in [3.05, 3.63) is 212 Å². The summed E-state index contributed by atoms with van der Waals surface area (Å²) in [6, 6.07) is 75.9. The summed E-state index contributed by atoms with van der Waals surface area (Å²) in [6.07, 6.45) is 0. The van der Waals surface area contributed by atoms with Crippen LogP contribution in [0.25, 0.3) is 77.2 Å². The molecule has 0 amide bonds. The topological polar surface area (TPSA) is 16.4 Å². The van der Waals surface area contributed by atoms with Gasteiger partial charge in [-0.1, -0.05) is 164 Å². The molecule has 10 rings (SSSR count). The number of hydrogen-bond donors (Lipinski definition) is 0. The highest BCUT2D eigenvalue weighted by atomic mass is 16.3. The number of benzene rings is 9. The van der Waals surface area contributed by atoms with Gasteiger partial charge in [0.25, 0.3) is 0 Å². The third-order valence-electron chi connectivity index (χ3n) is 10.5. The van der Waals surface area contributed by atoms with Gasteiger partial charge in [0.15, 0.2) is 0 Å². The third kappa shape index (κ3) is 5.62. The fourth-order valence-corrected chi connectivity index (χ4v) is 7.92. The monoisotopic (exact) mass is 689 g/mol. The Morgan fingerprint density at radius 2 is 0.741 bits per heavy atom. The van der Waals surface area contributed by atoms with Crippen LogP contribution >= 0.6 is 0 Å². The van der Waals surface area contributed by atoms with E-state index in [1.165, 1.54) is 49.7 Å². The molecule has 0 aliphatic heterocycles. The molecule has 0 fully saturated rings. The normalized spacial score (nSPS) is 11.3. The van der Waals surface area contributed by atoms with E-state index >= 15 is 0 Å². The SMILES string of the molecule is c1ccc(-c2ccccc2-c2ccccc2-c2ccccc2-c2ccc(N(c3ccc4ccccc4c3)c3ccc4c(c3)oc3ccccc34)cc2)cc1. The summed E-state index contributed by atoms with van der Waals surface area (Å²) in [4.78, 5) is 2.32. The zero-order chi connectivity index (χ0) is 35.8. The van der Waals surface area contributed by atoms with Crippen LogP contribution in [0.4, 0.5) is 17.1 Å². The van der Waals surface area contributed by atoms with Crippen LogP contribution in [-0.4, -0.2) is 0 Å². The van der Waals surface area contributed by atoms with E-state index in [0.29, 0.717) is 0 Å². The maximum Gasteiger partial charge on any atom is 0.137 e. The predicted octanol–water partition coefficient (Wildman–Crippen LogP) is 14.9. The van der Waals surface area contributed by atoms with Crippen LogP contribution in [0.1, 0.15) is 0 Å². The zero-order valence-corrected chi connectivity index (χ0v) is 29.6. The Morgan fingerprint density at radius 1 is 0.278 bits per heavy atom. The van der Waals surface area contributed by atoms with E-state index < -0.39 is 0 Å². The molecule has 0 saturated heterocycles. The third-order valence-corrected chi connectivity index (χ3v) is 10.5. The standard InChI is InChI=1S/C52H35NO/c1-2-15-37(16-3-1)43-18-6-8-20-45(43)47-22-10-11-23-48(47)46-21-9-7-19-44(46)38-27-29-40(30-28-38)53(41-31-26-36-14-4-5-17-39(36)34-41)42-32-33-50-49-24-12-13-25-51(49)54-52(50)35-42/h1-35H. The lowest BCUT2D eigenvalue weighted by Crippen LogP contribution is -2.09. The molecule has 10 aromatic rings. The van der Waals surface area contributed by atoms with Crippen molar-refractivity contribution in [1.29, 1.82) is 0 Å². The summed E-state index contributed by atoms with van der Waals surface area (Å²) in [5.41, 5.74) is 14.6. The number of nitrogens with zero attached hydrogens (tertiary/aromatic N) is 1. The molecule has 2 heteroatoms. The van der Waals surface area contributed by atoms with Crippen LogP contribution in [0.3, 0.4) is 0 Å². The van der Waals surface area contributed by atoms with Crippen molar-refractivity contribution in [2.24, 2.45) is 0 Å². The largest absolute Gasteiger partial charge is 0.456 e. The van der Waals surface area contributed by atoms with Gasteiger partial charge in [-0.25, -0.2) is 0 Å². The maximum absolute atomic E-state index is 6.36. The molecule has 0 bridgehead atoms. The molecular formula is C52H35NO. The molecular weight excluding hydrogens is 655 g/mol. The summed E-state index contributed by atoms with van der Waals surface area (Å²) >= 11 is 0. The number of furan rings is 1. The highest BCUT2D eigenvalue weighted by Crippen LogP contribution is 2.43. The number of hydrogen-bond acceptors (Lipinski definition) is 2. The van der Waals surface area contributed by atoms with Crippen molar-refractivity contribution in [2.45, 2.75) is 0 Å². The second kappa shape index (κ2) is 13.4. The van der Waals surface area contributed by atoms with Gasteiger partial charge < -0.3 is 9.32 Å². The lowest BCUT2D eigenvalue weighted by molar-refractivity contribution is 0.669. The van der Waals surface area contributed by atoms with E-state index in [1.807, 2.05) is 12.1 Å². The Morgan fingerprint density at radius 3 is 1.43 bits per heavy atom. The lowest BCUT2D eigenvalue weighted by atomic mass is 9.87. The van der Waals surface area contributed by atoms with Crippen molar-refractivity contribution >= 4 is 49.8 Å². The minimum atomic E-state index is 0.873. The van der Waals surface area contributed by atoms with E-state index in [2.05, 4.69) is 205 Å². The molecule has 0 atom stereocenters. The van der Waals surface area contributed by atoms with E-state index in [0.717, 1.165) is 44.6 Å². The number of para-hydroxylation sites is 1. The van der Waals surface area contributed by atoms with Crippen LogP contribution in [0.2, 0.25) is 0 Å². The number of fused-ring (bicyclic) bond motifs is 4. The molecule has 0 saturated carbocycles. The van der Waals surface area contributed by atoms with E-state index in [9.17, 15) is 0 Å². The first-order chi connectivity index (χ1) is 26.8. The van der Waals surface area contributed by atoms with Gasteiger partial charge >= 0.3 is 0 Å². The van der Waals surface area contributed by atoms with E-state index in [-0.39, 0.29) is 0 Å². The number of anilines is 3. The summed E-state index contributed by atoms with van der Waals surface area (Å²) < 4.78 is 6.36. The molecule has 0 radical (unpaired) electrons. The molecule has 1 aromatic heterocycles. The molecule has 0 aliphatic rings. The van der Waals surface area contributed by atoms with Gasteiger partial charge in [-0.3, -0.25) is 0 Å². The predicted molar refractivity (Wildman–Crippen MR) is 228 cm³/mol. The quantitative estimate of drug-likeness (QED) is 0.166. The van der Waals surface area contributed by atoms with Crippen molar-refractivity contribution in [1.82, 2.24) is 0 Å². The average molecular weight is 690 g/mol. The van der Waals surface area contributed by atoms with Gasteiger partial charge in [0, 0.05) is 33.9 Å². The molecule has 9 aromatic carbocycles. The van der Waals surface area contributed by atoms with E-state index in [4.69, 9.17) is 4.42 Å². The maximum atomic E-state index is 6.36. The van der Waals surface area contributed by atoms with Crippen molar-refractivity contribution < 1.29 is 4.42 Å². The second-order valence-corrected chi connectivity index (χ2v) is 13.7. The molecule has 54 heavy (non-hydrogen) atoms. The highest BCUT2D eigenvalue weighted by Gasteiger charge is 2.18. The molecule has 0 aliphatic carbocycles. The minimum absolute atomic E-state index is 0.873. The lowest BCUT2D eigenvalue weighted by Gasteiger charge is -2.26. The van der Waals surface area contributed by atoms with Gasteiger partial charge in [-0.2, -0.15) is 0 Å². The molecule has 0 unspecified atom stereocenters. The van der Waals surface area contributed by atoms with Gasteiger partial charge in [0.2, 0.25) is 0 Å². The van der Waals surface area contributed by atoms with Gasteiger partial charge in [0.05, 0.1) is 0 Å². The molecule has 0 spiro atoms. The fraction of sp³-hybridized carbons (Fsp3) is 0. The fourth-order valence-electron chi connectivity index (χ4n) is 7.92. The van der Waals surface area contributed by atoms with Crippen LogP contribution in [0, 0.1) is 0 Å². The molecule has 0 N–H and O–H groups in total. The Kier molecular flexibility index (Phi) is 7.85. The molecule has 1 heterocycles. The Labute approximate surface area is 314 Å². The van der Waals surface area contributed by atoms with Crippen LogP contribution in [0.5, 0.6) is 0 Å². The van der Waals surface area contributed by atoms with Crippen molar-refractivity contribution in [2.75, 3.05) is 4.90 Å². The van der Waals surface area contributed by atoms with Crippen LogP contribution < -0.4 is 4.90 Å². The average Bonchev–Trinajstić information content (AvgIpc) is 3.62. The van der Waals surface area contributed by atoms with Crippen molar-refractivity contribution in [3.63, 3.8) is 0 Å². The van der Waals surface area contributed by atoms with Crippen LogP contribution in [-0.2, 0) is 0 Å². The van der Waals surface area contributed by atoms with Gasteiger partial charge in [0.1, 0.15) is 11.2 Å². The summed E-state index contributed by atoms with van der Waals surface area (Å²) in [5, 5.41) is 4.66. The van der Waals surface area contributed by atoms with E-state index in [1.54, 1.807) is 0 Å². The van der Waals surface area contributed by atoms with Crippen LogP contribution in [0.15, 0.2) is 217 Å². The number of rotatable bonds is 7. The Bertz CT molecular complexity index is 2940. The first-order valence-corrected chi connectivity index (χ1v) is 18.4.